The number of carbonyl (C=O) groups is 2. The minimum Gasteiger partial charge on any atom is -0.480 e. The lowest BCUT2D eigenvalue weighted by Crippen LogP contribution is -2.05. The van der Waals surface area contributed by atoms with E-state index in [1.165, 1.54) is 19.2 Å². The fourth-order valence-electron chi connectivity index (χ4n) is 1.05. The Morgan fingerprint density at radius 3 is 2.27 bits per heavy atom. The van der Waals surface area contributed by atoms with E-state index < -0.39 is 16.8 Å². The number of rotatable bonds is 3. The minimum absolute atomic E-state index is 0.395. The van der Waals surface area contributed by atoms with E-state index in [0.29, 0.717) is 11.1 Å². The first-order chi connectivity index (χ1) is 7.06. The molecule has 80 valence electrons. The zero-order chi connectivity index (χ0) is 11.4. The number of carboxylic acids is 1. The van der Waals surface area contributed by atoms with Gasteiger partial charge in [0.1, 0.15) is 4.83 Å². The summed E-state index contributed by atoms with van der Waals surface area (Å²) in [5.41, 5.74) is 0.974. The third kappa shape index (κ3) is 2.79. The Balaban J connectivity index is 2.90. The van der Waals surface area contributed by atoms with Crippen molar-refractivity contribution in [3.05, 3.63) is 35.4 Å². The van der Waals surface area contributed by atoms with Gasteiger partial charge in [-0.25, -0.2) is 4.79 Å². The number of ether oxygens (including phenoxy) is 1. The number of benzene rings is 1. The average Bonchev–Trinajstić information content (AvgIpc) is 2.27. The molecule has 1 atom stereocenters. The van der Waals surface area contributed by atoms with E-state index in [9.17, 15) is 9.59 Å². The molecule has 0 aliphatic heterocycles. The summed E-state index contributed by atoms with van der Waals surface area (Å²) >= 11 is 3.01. The molecule has 0 amide bonds. The van der Waals surface area contributed by atoms with Gasteiger partial charge in [0.2, 0.25) is 0 Å². The van der Waals surface area contributed by atoms with Crippen LogP contribution in [0.5, 0.6) is 0 Å². The third-order valence-corrected chi connectivity index (χ3v) is 2.76. The van der Waals surface area contributed by atoms with Gasteiger partial charge in [-0.1, -0.05) is 28.1 Å². The fourth-order valence-corrected chi connectivity index (χ4v) is 1.35. The van der Waals surface area contributed by atoms with Crippen molar-refractivity contribution < 1.29 is 19.4 Å². The van der Waals surface area contributed by atoms with Gasteiger partial charge in [0.15, 0.2) is 0 Å². The molecule has 1 rings (SSSR count). The Bertz CT molecular complexity index is 372. The molecule has 4 nitrogen and oxygen atoms in total. The van der Waals surface area contributed by atoms with Gasteiger partial charge in [0, 0.05) is 0 Å². The summed E-state index contributed by atoms with van der Waals surface area (Å²) in [6.07, 6.45) is 0. The van der Waals surface area contributed by atoms with E-state index in [-0.39, 0.29) is 0 Å². The molecule has 0 heterocycles. The Morgan fingerprint density at radius 2 is 1.87 bits per heavy atom. The van der Waals surface area contributed by atoms with Crippen LogP contribution in [-0.2, 0) is 9.53 Å². The largest absolute Gasteiger partial charge is 0.480 e. The quantitative estimate of drug-likeness (QED) is 0.675. The summed E-state index contributed by atoms with van der Waals surface area (Å²) in [5, 5.41) is 8.72. The SMILES string of the molecule is COC(=O)c1ccc(C(Br)C(=O)O)cc1. The number of hydrogen-bond donors (Lipinski definition) is 1. The molecule has 15 heavy (non-hydrogen) atoms. The molecule has 5 heteroatoms. The lowest BCUT2D eigenvalue weighted by atomic mass is 10.1. The fraction of sp³-hybridized carbons (Fsp3) is 0.200. The molecule has 1 N–H and O–H groups in total. The predicted molar refractivity (Wildman–Crippen MR) is 57.1 cm³/mol. The Labute approximate surface area is 95.0 Å². The molecule has 0 saturated carbocycles. The van der Waals surface area contributed by atoms with Crippen molar-refractivity contribution in [3.8, 4) is 0 Å². The van der Waals surface area contributed by atoms with Crippen LogP contribution in [0, 0.1) is 0 Å². The van der Waals surface area contributed by atoms with E-state index in [1.54, 1.807) is 12.1 Å². The maximum atomic E-state index is 11.1. The number of carboxylic acid groups (broad SMARTS) is 1. The first-order valence-electron chi connectivity index (χ1n) is 4.11. The lowest BCUT2D eigenvalue weighted by molar-refractivity contribution is -0.136. The second-order valence-corrected chi connectivity index (χ2v) is 3.73. The van der Waals surface area contributed by atoms with Crippen LogP contribution >= 0.6 is 15.9 Å². The number of halogens is 1. The topological polar surface area (TPSA) is 63.6 Å². The molecule has 0 radical (unpaired) electrons. The molecular formula is C10H9BrO4. The standard InChI is InChI=1S/C10H9BrO4/c1-15-10(14)7-4-2-6(3-5-7)8(11)9(12)13/h2-5,8H,1H3,(H,12,13). The Hall–Kier alpha value is -1.36. The van der Waals surface area contributed by atoms with Gasteiger partial charge < -0.3 is 9.84 Å². The first-order valence-corrected chi connectivity index (χ1v) is 5.03. The molecule has 1 aromatic carbocycles. The van der Waals surface area contributed by atoms with Crippen molar-refractivity contribution in [2.24, 2.45) is 0 Å². The van der Waals surface area contributed by atoms with E-state index in [2.05, 4.69) is 20.7 Å². The molecule has 1 aromatic rings. The van der Waals surface area contributed by atoms with Crippen LogP contribution in [-0.4, -0.2) is 24.2 Å². The summed E-state index contributed by atoms with van der Waals surface area (Å²) in [6, 6.07) is 6.19. The molecule has 0 aliphatic carbocycles. The van der Waals surface area contributed by atoms with Crippen molar-refractivity contribution in [2.45, 2.75) is 4.83 Å². The second kappa shape index (κ2) is 4.93. The highest BCUT2D eigenvalue weighted by atomic mass is 79.9. The number of esters is 1. The van der Waals surface area contributed by atoms with E-state index in [0.717, 1.165) is 0 Å². The van der Waals surface area contributed by atoms with Crippen molar-refractivity contribution in [1.29, 1.82) is 0 Å². The van der Waals surface area contributed by atoms with Gasteiger partial charge in [-0.3, -0.25) is 4.79 Å². The van der Waals surface area contributed by atoms with Gasteiger partial charge >= 0.3 is 11.9 Å². The van der Waals surface area contributed by atoms with Crippen LogP contribution in [0.4, 0.5) is 0 Å². The molecule has 1 unspecified atom stereocenters. The highest BCUT2D eigenvalue weighted by Gasteiger charge is 2.15. The number of hydrogen-bond acceptors (Lipinski definition) is 3. The maximum absolute atomic E-state index is 11.1. The minimum atomic E-state index is -0.971. The smallest absolute Gasteiger partial charge is 0.337 e. The number of methoxy groups -OCH3 is 1. The van der Waals surface area contributed by atoms with Crippen molar-refractivity contribution >= 4 is 27.9 Å². The van der Waals surface area contributed by atoms with Crippen LogP contribution in [0.25, 0.3) is 0 Å². The lowest BCUT2D eigenvalue weighted by Gasteiger charge is -2.05. The molecule has 0 aromatic heterocycles. The Kier molecular flexibility index (Phi) is 3.85. The molecule has 0 bridgehead atoms. The monoisotopic (exact) mass is 272 g/mol. The number of carbonyl (C=O) groups excluding carboxylic acids is 1. The summed E-state index contributed by atoms with van der Waals surface area (Å²) in [4.78, 5) is 21.0. The van der Waals surface area contributed by atoms with Crippen LogP contribution < -0.4 is 0 Å². The molecule has 0 spiro atoms. The predicted octanol–water partition coefficient (Wildman–Crippen LogP) is 1.99. The van der Waals surface area contributed by atoms with Crippen molar-refractivity contribution in [3.63, 3.8) is 0 Å². The highest BCUT2D eigenvalue weighted by Crippen LogP contribution is 2.23. The van der Waals surface area contributed by atoms with E-state index in [1.807, 2.05) is 0 Å². The summed E-state index contributed by atoms with van der Waals surface area (Å²) in [5.74, 6) is -1.41. The van der Waals surface area contributed by atoms with Crippen molar-refractivity contribution in [1.82, 2.24) is 0 Å². The van der Waals surface area contributed by atoms with Crippen LogP contribution in [0.15, 0.2) is 24.3 Å². The van der Waals surface area contributed by atoms with Crippen LogP contribution in [0.2, 0.25) is 0 Å². The van der Waals surface area contributed by atoms with Crippen LogP contribution in [0.1, 0.15) is 20.7 Å². The summed E-state index contributed by atoms with van der Waals surface area (Å²) in [7, 11) is 1.29. The van der Waals surface area contributed by atoms with Gasteiger partial charge in [0.25, 0.3) is 0 Å². The zero-order valence-electron chi connectivity index (χ0n) is 7.94. The van der Waals surface area contributed by atoms with E-state index in [4.69, 9.17) is 5.11 Å². The van der Waals surface area contributed by atoms with Gasteiger partial charge in [-0.2, -0.15) is 0 Å². The Morgan fingerprint density at radius 1 is 1.33 bits per heavy atom. The first kappa shape index (κ1) is 11.7. The van der Waals surface area contributed by atoms with Crippen LogP contribution in [0.3, 0.4) is 0 Å². The maximum Gasteiger partial charge on any atom is 0.337 e. The molecule has 0 fully saturated rings. The summed E-state index contributed by atoms with van der Waals surface area (Å²) in [6.45, 7) is 0. The average molecular weight is 273 g/mol. The highest BCUT2D eigenvalue weighted by molar-refractivity contribution is 9.09. The number of alkyl halides is 1. The molecule has 0 aliphatic rings. The third-order valence-electron chi connectivity index (χ3n) is 1.84. The normalized spacial score (nSPS) is 11.9. The van der Waals surface area contributed by atoms with Gasteiger partial charge in [0.05, 0.1) is 12.7 Å². The molecule has 0 saturated heterocycles. The molecular weight excluding hydrogens is 264 g/mol. The second-order valence-electron chi connectivity index (χ2n) is 2.81. The zero-order valence-corrected chi connectivity index (χ0v) is 9.52. The summed E-state index contributed by atoms with van der Waals surface area (Å²) < 4.78 is 4.52. The van der Waals surface area contributed by atoms with Gasteiger partial charge in [-0.05, 0) is 17.7 Å². The number of aliphatic carboxylic acids is 1. The van der Waals surface area contributed by atoms with Crippen molar-refractivity contribution in [2.75, 3.05) is 7.11 Å². The van der Waals surface area contributed by atoms with E-state index >= 15 is 0 Å². The van der Waals surface area contributed by atoms with Gasteiger partial charge in [-0.15, -0.1) is 0 Å².